The number of hydrogen-bond donors (Lipinski definition) is 3. The number of anilines is 2. The smallest absolute Gasteiger partial charge is 0.221 e. The summed E-state index contributed by atoms with van der Waals surface area (Å²) >= 11 is 6.12. The number of nitrogens with one attached hydrogen (secondary N) is 3. The molecule has 0 aliphatic carbocycles. The molecule has 5 heteroatoms. The normalized spacial score (nSPS) is 19.3. The van der Waals surface area contributed by atoms with Crippen LogP contribution in [0.3, 0.4) is 0 Å². The van der Waals surface area contributed by atoms with E-state index in [1.807, 2.05) is 18.2 Å². The van der Waals surface area contributed by atoms with E-state index in [9.17, 15) is 4.79 Å². The molecule has 4 nitrogen and oxygen atoms in total. The summed E-state index contributed by atoms with van der Waals surface area (Å²) < 4.78 is 0. The van der Waals surface area contributed by atoms with E-state index >= 15 is 0 Å². The van der Waals surface area contributed by atoms with Crippen LogP contribution >= 0.6 is 11.6 Å². The van der Waals surface area contributed by atoms with Crippen molar-refractivity contribution in [3.8, 4) is 0 Å². The number of benzene rings is 1. The minimum Gasteiger partial charge on any atom is -0.381 e. The molecule has 0 spiro atoms. The maximum Gasteiger partial charge on any atom is 0.221 e. The van der Waals surface area contributed by atoms with Crippen molar-refractivity contribution in [3.05, 3.63) is 23.2 Å². The van der Waals surface area contributed by atoms with Crippen LogP contribution in [0.5, 0.6) is 0 Å². The van der Waals surface area contributed by atoms with Gasteiger partial charge in [-0.25, -0.2) is 0 Å². The van der Waals surface area contributed by atoms with Crippen molar-refractivity contribution in [1.29, 1.82) is 0 Å². The first-order chi connectivity index (χ1) is 8.65. The van der Waals surface area contributed by atoms with Crippen LogP contribution in [0.25, 0.3) is 0 Å². The van der Waals surface area contributed by atoms with Crippen LogP contribution in [0.4, 0.5) is 11.4 Å². The van der Waals surface area contributed by atoms with Gasteiger partial charge in [0, 0.05) is 25.2 Å². The molecule has 0 saturated carbocycles. The van der Waals surface area contributed by atoms with Crippen LogP contribution in [0, 0.1) is 0 Å². The second-order valence-electron chi connectivity index (χ2n) is 4.56. The number of carbonyl (C=O) groups excluding carboxylic acids is 1. The highest BCUT2D eigenvalue weighted by Gasteiger charge is 2.13. The first-order valence-corrected chi connectivity index (χ1v) is 6.57. The Morgan fingerprint density at radius 3 is 2.94 bits per heavy atom. The van der Waals surface area contributed by atoms with Gasteiger partial charge in [0.1, 0.15) is 0 Å². The van der Waals surface area contributed by atoms with E-state index in [0.29, 0.717) is 16.8 Å². The predicted molar refractivity (Wildman–Crippen MR) is 75.3 cm³/mol. The summed E-state index contributed by atoms with van der Waals surface area (Å²) in [5.41, 5.74) is 1.64. The Labute approximate surface area is 112 Å². The second-order valence-corrected chi connectivity index (χ2v) is 4.97. The monoisotopic (exact) mass is 267 g/mol. The van der Waals surface area contributed by atoms with Gasteiger partial charge in [-0.15, -0.1) is 0 Å². The third kappa shape index (κ3) is 3.62. The summed E-state index contributed by atoms with van der Waals surface area (Å²) in [6.45, 7) is 3.54. The molecule has 1 atom stereocenters. The Morgan fingerprint density at radius 1 is 1.50 bits per heavy atom. The lowest BCUT2D eigenvalue weighted by molar-refractivity contribution is -0.114. The van der Waals surface area contributed by atoms with E-state index in [1.165, 1.54) is 13.3 Å². The van der Waals surface area contributed by atoms with Gasteiger partial charge in [0.2, 0.25) is 5.91 Å². The van der Waals surface area contributed by atoms with E-state index in [2.05, 4.69) is 16.0 Å². The first-order valence-electron chi connectivity index (χ1n) is 6.19. The zero-order chi connectivity index (χ0) is 13.0. The maximum absolute atomic E-state index is 11.0. The topological polar surface area (TPSA) is 53.2 Å². The van der Waals surface area contributed by atoms with Gasteiger partial charge in [0.15, 0.2) is 0 Å². The molecular formula is C13H18ClN3O. The van der Waals surface area contributed by atoms with Gasteiger partial charge in [-0.05, 0) is 37.6 Å². The van der Waals surface area contributed by atoms with Crippen LogP contribution in [0.15, 0.2) is 18.2 Å². The maximum atomic E-state index is 11.0. The van der Waals surface area contributed by atoms with E-state index in [-0.39, 0.29) is 5.91 Å². The van der Waals surface area contributed by atoms with Crippen LogP contribution in [0.2, 0.25) is 5.02 Å². The summed E-state index contributed by atoms with van der Waals surface area (Å²) in [5, 5.41) is 10.0. The quantitative estimate of drug-likeness (QED) is 0.789. The third-order valence-electron chi connectivity index (χ3n) is 2.95. The van der Waals surface area contributed by atoms with Gasteiger partial charge >= 0.3 is 0 Å². The summed E-state index contributed by atoms with van der Waals surface area (Å²) in [6.07, 6.45) is 2.35. The molecule has 18 heavy (non-hydrogen) atoms. The lowest BCUT2D eigenvalue weighted by atomic mass is 10.1. The van der Waals surface area contributed by atoms with E-state index in [1.54, 1.807) is 0 Å². The number of halogens is 1. The minimum absolute atomic E-state index is 0.117. The minimum atomic E-state index is -0.117. The highest BCUT2D eigenvalue weighted by atomic mass is 35.5. The van der Waals surface area contributed by atoms with E-state index < -0.39 is 0 Å². The fraction of sp³-hybridized carbons (Fsp3) is 0.462. The zero-order valence-corrected chi connectivity index (χ0v) is 11.2. The molecule has 1 aromatic rings. The molecule has 98 valence electrons. The van der Waals surface area contributed by atoms with Crippen LogP contribution in [-0.4, -0.2) is 25.0 Å². The number of carbonyl (C=O) groups is 1. The second kappa shape index (κ2) is 6.07. The average Bonchev–Trinajstić information content (AvgIpc) is 2.33. The Hall–Kier alpha value is -1.26. The molecular weight excluding hydrogens is 250 g/mol. The van der Waals surface area contributed by atoms with Crippen LogP contribution in [0.1, 0.15) is 19.8 Å². The van der Waals surface area contributed by atoms with Crippen molar-refractivity contribution in [2.24, 2.45) is 0 Å². The molecule has 1 heterocycles. The Morgan fingerprint density at radius 2 is 2.33 bits per heavy atom. The van der Waals surface area contributed by atoms with Gasteiger partial charge < -0.3 is 16.0 Å². The number of amides is 1. The number of hydrogen-bond acceptors (Lipinski definition) is 3. The predicted octanol–water partition coefficient (Wildman–Crippen LogP) is 2.46. The van der Waals surface area contributed by atoms with Crippen LogP contribution < -0.4 is 16.0 Å². The van der Waals surface area contributed by atoms with Crippen molar-refractivity contribution in [1.82, 2.24) is 5.32 Å². The van der Waals surface area contributed by atoms with Gasteiger partial charge in [0.05, 0.1) is 10.7 Å². The molecule has 1 aromatic carbocycles. The molecule has 1 aliphatic heterocycles. The van der Waals surface area contributed by atoms with E-state index in [0.717, 1.165) is 25.2 Å². The highest BCUT2D eigenvalue weighted by molar-refractivity contribution is 6.34. The van der Waals surface area contributed by atoms with Gasteiger partial charge in [-0.3, -0.25) is 4.79 Å². The molecule has 0 aromatic heterocycles. The van der Waals surface area contributed by atoms with Crippen molar-refractivity contribution in [2.45, 2.75) is 25.8 Å². The zero-order valence-electron chi connectivity index (χ0n) is 10.4. The molecule has 0 bridgehead atoms. The van der Waals surface area contributed by atoms with Gasteiger partial charge in [0.25, 0.3) is 0 Å². The first kappa shape index (κ1) is 13.2. The van der Waals surface area contributed by atoms with E-state index in [4.69, 9.17) is 11.6 Å². The fourth-order valence-electron chi connectivity index (χ4n) is 2.11. The number of rotatable bonds is 3. The SMILES string of the molecule is CC(=O)Nc1ccc(NC2CCCNC2)cc1Cl. The Balaban J connectivity index is 2.01. The summed E-state index contributed by atoms with van der Waals surface area (Å²) in [7, 11) is 0. The summed E-state index contributed by atoms with van der Waals surface area (Å²) in [6, 6.07) is 6.05. The average molecular weight is 268 g/mol. The number of piperidine rings is 1. The molecule has 1 fully saturated rings. The lowest BCUT2D eigenvalue weighted by Gasteiger charge is -2.25. The van der Waals surface area contributed by atoms with Crippen molar-refractivity contribution in [2.75, 3.05) is 23.7 Å². The van der Waals surface area contributed by atoms with Crippen molar-refractivity contribution < 1.29 is 4.79 Å². The molecule has 1 amide bonds. The summed E-state index contributed by atoms with van der Waals surface area (Å²) in [5.74, 6) is -0.117. The van der Waals surface area contributed by atoms with Crippen molar-refractivity contribution >= 4 is 28.9 Å². The lowest BCUT2D eigenvalue weighted by Crippen LogP contribution is -2.38. The van der Waals surface area contributed by atoms with Gasteiger partial charge in [-0.2, -0.15) is 0 Å². The molecule has 1 unspecified atom stereocenters. The Bertz CT molecular complexity index is 430. The van der Waals surface area contributed by atoms with Gasteiger partial charge in [-0.1, -0.05) is 11.6 Å². The summed E-state index contributed by atoms with van der Waals surface area (Å²) in [4.78, 5) is 11.0. The van der Waals surface area contributed by atoms with Crippen LogP contribution in [-0.2, 0) is 4.79 Å². The molecule has 1 saturated heterocycles. The molecule has 2 rings (SSSR count). The standard InChI is InChI=1S/C13H18ClN3O/c1-9(18)16-13-5-4-10(7-12(13)14)17-11-3-2-6-15-8-11/h4-5,7,11,15,17H,2-3,6,8H2,1H3,(H,16,18). The van der Waals surface area contributed by atoms with Crippen molar-refractivity contribution in [3.63, 3.8) is 0 Å². The molecule has 0 radical (unpaired) electrons. The Kier molecular flexibility index (Phi) is 4.44. The molecule has 3 N–H and O–H groups in total. The largest absolute Gasteiger partial charge is 0.381 e. The fourth-order valence-corrected chi connectivity index (χ4v) is 2.33. The highest BCUT2D eigenvalue weighted by Crippen LogP contribution is 2.26. The molecule has 1 aliphatic rings. The third-order valence-corrected chi connectivity index (χ3v) is 3.26.